The zero-order chi connectivity index (χ0) is 12.8. The Labute approximate surface area is 111 Å². The van der Waals surface area contributed by atoms with Crippen molar-refractivity contribution in [1.29, 1.82) is 0 Å². The predicted octanol–water partition coefficient (Wildman–Crippen LogP) is 2.21. The van der Waals surface area contributed by atoms with Crippen LogP contribution < -0.4 is 5.32 Å². The maximum atomic E-state index is 4.49. The molecule has 0 aliphatic carbocycles. The fourth-order valence-electron chi connectivity index (χ4n) is 2.59. The first kappa shape index (κ1) is 13.5. The number of likely N-dealkylation sites (tertiary alicyclic amines) is 1. The van der Waals surface area contributed by atoms with Crippen molar-refractivity contribution in [1.82, 2.24) is 15.2 Å². The Morgan fingerprint density at radius 3 is 2.83 bits per heavy atom. The monoisotopic (exact) mass is 247 g/mol. The molecule has 18 heavy (non-hydrogen) atoms. The van der Waals surface area contributed by atoms with E-state index >= 15 is 0 Å². The third kappa shape index (κ3) is 3.79. The van der Waals surface area contributed by atoms with E-state index in [0.717, 1.165) is 19.0 Å². The average molecular weight is 247 g/mol. The summed E-state index contributed by atoms with van der Waals surface area (Å²) in [6, 6.07) is 4.17. The summed E-state index contributed by atoms with van der Waals surface area (Å²) in [4.78, 5) is 7.03. The molecule has 0 spiro atoms. The normalized spacial score (nSPS) is 18.1. The highest BCUT2D eigenvalue weighted by Gasteiger charge is 2.19. The highest BCUT2D eigenvalue weighted by Crippen LogP contribution is 2.18. The molecular weight excluding hydrogens is 222 g/mol. The van der Waals surface area contributed by atoms with Gasteiger partial charge in [0.1, 0.15) is 0 Å². The number of nitrogens with one attached hydrogen (secondary N) is 1. The molecule has 1 fully saturated rings. The Balaban J connectivity index is 1.78. The summed E-state index contributed by atoms with van der Waals surface area (Å²) in [5.41, 5.74) is 2.55. The van der Waals surface area contributed by atoms with E-state index in [1.807, 2.05) is 12.3 Å². The number of hydrogen-bond acceptors (Lipinski definition) is 3. The first-order valence-corrected chi connectivity index (χ1v) is 7.13. The minimum Gasteiger partial charge on any atom is -0.317 e. The van der Waals surface area contributed by atoms with Crippen molar-refractivity contribution >= 4 is 0 Å². The first-order chi connectivity index (χ1) is 8.79. The molecule has 1 aromatic heterocycles. The van der Waals surface area contributed by atoms with Gasteiger partial charge < -0.3 is 5.32 Å². The quantitative estimate of drug-likeness (QED) is 0.864. The maximum Gasteiger partial charge on any atom is 0.0573 e. The van der Waals surface area contributed by atoms with Crippen LogP contribution in [0, 0.1) is 12.8 Å². The molecule has 0 saturated carbocycles. The number of piperidine rings is 1. The van der Waals surface area contributed by atoms with Gasteiger partial charge in [-0.15, -0.1) is 0 Å². The Kier molecular flexibility index (Phi) is 5.14. The van der Waals surface area contributed by atoms with Crippen molar-refractivity contribution in [3.8, 4) is 0 Å². The molecule has 3 nitrogen and oxygen atoms in total. The van der Waals surface area contributed by atoms with Gasteiger partial charge in [0.2, 0.25) is 0 Å². The molecule has 0 amide bonds. The number of nitrogens with zero attached hydrogens (tertiary/aromatic N) is 2. The zero-order valence-electron chi connectivity index (χ0n) is 11.7. The largest absolute Gasteiger partial charge is 0.317 e. The van der Waals surface area contributed by atoms with Crippen molar-refractivity contribution in [3.63, 3.8) is 0 Å². The third-order valence-corrected chi connectivity index (χ3v) is 3.88. The standard InChI is InChI=1S/C15H25N3/c1-3-16-11-14-6-9-18(10-7-14)12-15-13(2)5-4-8-17-15/h4-5,8,14,16H,3,6-7,9-12H2,1-2H3. The lowest BCUT2D eigenvalue weighted by Crippen LogP contribution is -2.37. The fraction of sp³-hybridized carbons (Fsp3) is 0.667. The van der Waals surface area contributed by atoms with Gasteiger partial charge in [0.25, 0.3) is 0 Å². The van der Waals surface area contributed by atoms with E-state index in [-0.39, 0.29) is 0 Å². The zero-order valence-corrected chi connectivity index (χ0v) is 11.7. The summed E-state index contributed by atoms with van der Waals surface area (Å²) in [5, 5.41) is 3.46. The summed E-state index contributed by atoms with van der Waals surface area (Å²) >= 11 is 0. The second-order valence-electron chi connectivity index (χ2n) is 5.29. The van der Waals surface area contributed by atoms with E-state index in [1.165, 1.54) is 43.7 Å². The molecular formula is C15H25N3. The van der Waals surface area contributed by atoms with E-state index in [0.29, 0.717) is 0 Å². The summed E-state index contributed by atoms with van der Waals surface area (Å²) in [7, 11) is 0. The second-order valence-corrected chi connectivity index (χ2v) is 5.29. The minimum absolute atomic E-state index is 0.867. The van der Waals surface area contributed by atoms with Crippen molar-refractivity contribution in [2.45, 2.75) is 33.2 Å². The predicted molar refractivity (Wildman–Crippen MR) is 75.5 cm³/mol. The van der Waals surface area contributed by atoms with Crippen molar-refractivity contribution in [2.75, 3.05) is 26.2 Å². The number of rotatable bonds is 5. The van der Waals surface area contributed by atoms with Gasteiger partial charge in [-0.05, 0) is 63.5 Å². The lowest BCUT2D eigenvalue weighted by atomic mass is 9.96. The van der Waals surface area contributed by atoms with Gasteiger partial charge in [-0.1, -0.05) is 13.0 Å². The molecule has 3 heteroatoms. The molecule has 0 unspecified atom stereocenters. The van der Waals surface area contributed by atoms with Crippen LogP contribution in [0.1, 0.15) is 31.0 Å². The Morgan fingerprint density at radius 2 is 2.17 bits per heavy atom. The Bertz CT molecular complexity index is 357. The Hall–Kier alpha value is -0.930. The molecule has 0 radical (unpaired) electrons. The molecule has 0 atom stereocenters. The van der Waals surface area contributed by atoms with E-state index in [9.17, 15) is 0 Å². The van der Waals surface area contributed by atoms with E-state index in [2.05, 4.69) is 35.1 Å². The van der Waals surface area contributed by atoms with E-state index < -0.39 is 0 Å². The summed E-state index contributed by atoms with van der Waals surface area (Å²) in [5.74, 6) is 0.867. The van der Waals surface area contributed by atoms with Gasteiger partial charge in [0, 0.05) is 12.7 Å². The smallest absolute Gasteiger partial charge is 0.0573 e. The van der Waals surface area contributed by atoms with Gasteiger partial charge in [0.05, 0.1) is 5.69 Å². The van der Waals surface area contributed by atoms with Crippen LogP contribution in [0.2, 0.25) is 0 Å². The van der Waals surface area contributed by atoms with Crippen LogP contribution in [0.3, 0.4) is 0 Å². The van der Waals surface area contributed by atoms with Crippen LogP contribution in [-0.4, -0.2) is 36.1 Å². The van der Waals surface area contributed by atoms with Crippen LogP contribution in [0.4, 0.5) is 0 Å². The summed E-state index contributed by atoms with van der Waals surface area (Å²) < 4.78 is 0. The Morgan fingerprint density at radius 1 is 1.39 bits per heavy atom. The molecule has 1 aliphatic heterocycles. The third-order valence-electron chi connectivity index (χ3n) is 3.88. The SMILES string of the molecule is CCNCC1CCN(Cc2ncccc2C)CC1. The van der Waals surface area contributed by atoms with Crippen molar-refractivity contribution in [3.05, 3.63) is 29.6 Å². The number of aromatic nitrogens is 1. The second kappa shape index (κ2) is 6.86. The lowest BCUT2D eigenvalue weighted by molar-refractivity contribution is 0.174. The number of pyridine rings is 1. The lowest BCUT2D eigenvalue weighted by Gasteiger charge is -2.32. The van der Waals surface area contributed by atoms with Gasteiger partial charge in [-0.25, -0.2) is 0 Å². The molecule has 1 saturated heterocycles. The highest BCUT2D eigenvalue weighted by molar-refractivity contribution is 5.17. The topological polar surface area (TPSA) is 28.2 Å². The van der Waals surface area contributed by atoms with E-state index in [4.69, 9.17) is 0 Å². The van der Waals surface area contributed by atoms with Gasteiger partial charge in [-0.3, -0.25) is 9.88 Å². The molecule has 0 bridgehead atoms. The number of hydrogen-bond donors (Lipinski definition) is 1. The maximum absolute atomic E-state index is 4.49. The molecule has 1 N–H and O–H groups in total. The molecule has 1 aliphatic rings. The highest BCUT2D eigenvalue weighted by atomic mass is 15.1. The molecule has 100 valence electrons. The number of aryl methyl sites for hydroxylation is 1. The minimum atomic E-state index is 0.867. The van der Waals surface area contributed by atoms with Crippen LogP contribution in [0.5, 0.6) is 0 Å². The van der Waals surface area contributed by atoms with E-state index in [1.54, 1.807) is 0 Å². The van der Waals surface area contributed by atoms with Gasteiger partial charge in [-0.2, -0.15) is 0 Å². The fourth-order valence-corrected chi connectivity index (χ4v) is 2.59. The van der Waals surface area contributed by atoms with Gasteiger partial charge in [0.15, 0.2) is 0 Å². The molecule has 1 aromatic rings. The van der Waals surface area contributed by atoms with Crippen molar-refractivity contribution in [2.24, 2.45) is 5.92 Å². The molecule has 0 aromatic carbocycles. The molecule has 2 heterocycles. The summed E-state index contributed by atoms with van der Waals surface area (Å²) in [6.45, 7) is 10.1. The van der Waals surface area contributed by atoms with Crippen LogP contribution in [-0.2, 0) is 6.54 Å². The molecule has 2 rings (SSSR count). The van der Waals surface area contributed by atoms with Gasteiger partial charge >= 0.3 is 0 Å². The van der Waals surface area contributed by atoms with Crippen LogP contribution in [0.25, 0.3) is 0 Å². The summed E-state index contributed by atoms with van der Waals surface area (Å²) in [6.07, 6.45) is 4.54. The van der Waals surface area contributed by atoms with Crippen molar-refractivity contribution < 1.29 is 0 Å². The van der Waals surface area contributed by atoms with Crippen LogP contribution >= 0.6 is 0 Å². The first-order valence-electron chi connectivity index (χ1n) is 7.13. The average Bonchev–Trinajstić information content (AvgIpc) is 2.41. The van der Waals surface area contributed by atoms with Crippen LogP contribution in [0.15, 0.2) is 18.3 Å².